The zero-order valence-electron chi connectivity index (χ0n) is 12.1. The Labute approximate surface area is 125 Å². The molecule has 0 saturated heterocycles. The molecule has 0 aromatic heterocycles. The predicted octanol–water partition coefficient (Wildman–Crippen LogP) is 2.79. The number of nitrogens with two attached hydrogens (primary N) is 1. The van der Waals surface area contributed by atoms with Gasteiger partial charge in [0, 0.05) is 25.2 Å². The van der Waals surface area contributed by atoms with Crippen LogP contribution in [0.5, 0.6) is 0 Å². The lowest BCUT2D eigenvalue weighted by molar-refractivity contribution is -0.132. The first-order chi connectivity index (χ1) is 10.2. The number of nitrogens with zero attached hydrogens (tertiary/aromatic N) is 1. The van der Waals surface area contributed by atoms with Gasteiger partial charge in [0.05, 0.1) is 0 Å². The van der Waals surface area contributed by atoms with Crippen LogP contribution in [-0.4, -0.2) is 17.4 Å². The molecule has 2 aromatic rings. The minimum atomic E-state index is 0.229. The Morgan fingerprint density at radius 3 is 2.71 bits per heavy atom. The number of hydrogen-bond acceptors (Lipinski definition) is 2. The Bertz CT molecular complexity index is 637. The van der Waals surface area contributed by atoms with Gasteiger partial charge in [-0.05, 0) is 41.7 Å². The van der Waals surface area contributed by atoms with Crippen LogP contribution in [0.3, 0.4) is 0 Å². The van der Waals surface area contributed by atoms with Gasteiger partial charge < -0.3 is 10.6 Å². The van der Waals surface area contributed by atoms with E-state index in [2.05, 4.69) is 18.2 Å². The van der Waals surface area contributed by atoms with Crippen LogP contribution in [0.25, 0.3) is 0 Å². The predicted molar refractivity (Wildman–Crippen MR) is 84.7 cm³/mol. The van der Waals surface area contributed by atoms with Crippen molar-refractivity contribution < 1.29 is 4.79 Å². The summed E-state index contributed by atoms with van der Waals surface area (Å²) in [5.41, 5.74) is 10.3. The Morgan fingerprint density at radius 2 is 1.90 bits per heavy atom. The van der Waals surface area contributed by atoms with E-state index in [0.29, 0.717) is 13.0 Å². The number of hydrogen-bond donors (Lipinski definition) is 1. The molecule has 0 bridgehead atoms. The number of aryl methyl sites for hydroxylation is 1. The first-order valence-electron chi connectivity index (χ1n) is 7.41. The molecule has 3 rings (SSSR count). The third-order valence-electron chi connectivity index (χ3n) is 4.07. The largest absolute Gasteiger partial charge is 0.399 e. The van der Waals surface area contributed by atoms with Gasteiger partial charge in [0.25, 0.3) is 0 Å². The quantitative estimate of drug-likeness (QED) is 0.879. The normalized spacial score (nSPS) is 13.8. The highest BCUT2D eigenvalue weighted by molar-refractivity contribution is 5.77. The van der Waals surface area contributed by atoms with E-state index >= 15 is 0 Å². The van der Waals surface area contributed by atoms with Gasteiger partial charge in [0.15, 0.2) is 0 Å². The molecular weight excluding hydrogens is 260 g/mol. The van der Waals surface area contributed by atoms with E-state index in [0.717, 1.165) is 25.1 Å². The molecule has 0 atom stereocenters. The fourth-order valence-electron chi connectivity index (χ4n) is 2.84. The molecule has 0 radical (unpaired) electrons. The van der Waals surface area contributed by atoms with Crippen LogP contribution >= 0.6 is 0 Å². The lowest BCUT2D eigenvalue weighted by Gasteiger charge is -2.29. The summed E-state index contributed by atoms with van der Waals surface area (Å²) in [5, 5.41) is 0. The van der Waals surface area contributed by atoms with Crippen LogP contribution in [0.15, 0.2) is 48.5 Å². The molecule has 1 heterocycles. The van der Waals surface area contributed by atoms with E-state index in [-0.39, 0.29) is 5.91 Å². The second kappa shape index (κ2) is 6.00. The molecule has 1 aliphatic heterocycles. The van der Waals surface area contributed by atoms with E-state index in [4.69, 9.17) is 5.73 Å². The Hall–Kier alpha value is -2.29. The molecule has 0 unspecified atom stereocenters. The van der Waals surface area contributed by atoms with Crippen molar-refractivity contribution in [2.75, 3.05) is 12.3 Å². The summed E-state index contributed by atoms with van der Waals surface area (Å²) in [6, 6.07) is 16.2. The van der Waals surface area contributed by atoms with Crippen molar-refractivity contribution in [3.05, 3.63) is 65.2 Å². The summed E-state index contributed by atoms with van der Waals surface area (Å²) < 4.78 is 0. The minimum absolute atomic E-state index is 0.229. The van der Waals surface area contributed by atoms with E-state index < -0.39 is 0 Å². The highest BCUT2D eigenvalue weighted by atomic mass is 16.2. The average molecular weight is 280 g/mol. The second-order valence-electron chi connectivity index (χ2n) is 5.58. The minimum Gasteiger partial charge on any atom is -0.399 e. The molecule has 2 aromatic carbocycles. The fraction of sp³-hybridized carbons (Fsp3) is 0.278. The first-order valence-corrected chi connectivity index (χ1v) is 7.41. The molecule has 1 amide bonds. The van der Waals surface area contributed by atoms with Crippen LogP contribution in [0.2, 0.25) is 0 Å². The molecule has 3 nitrogen and oxygen atoms in total. The van der Waals surface area contributed by atoms with Crippen molar-refractivity contribution in [3.63, 3.8) is 0 Å². The summed E-state index contributed by atoms with van der Waals surface area (Å²) in [7, 11) is 0. The molecule has 0 spiro atoms. The van der Waals surface area contributed by atoms with Gasteiger partial charge in [-0.3, -0.25) is 4.79 Å². The number of benzene rings is 2. The first kappa shape index (κ1) is 13.7. The topological polar surface area (TPSA) is 46.3 Å². The van der Waals surface area contributed by atoms with E-state index in [9.17, 15) is 4.79 Å². The van der Waals surface area contributed by atoms with Crippen molar-refractivity contribution in [2.45, 2.75) is 25.8 Å². The Morgan fingerprint density at radius 1 is 1.10 bits per heavy atom. The van der Waals surface area contributed by atoms with Crippen LogP contribution in [0, 0.1) is 0 Å². The molecule has 0 saturated carbocycles. The molecule has 0 aliphatic carbocycles. The maximum Gasteiger partial charge on any atom is 0.223 e. The SMILES string of the molecule is Nc1ccc2c(c1)CN(C(=O)CCc1ccccc1)CC2. The zero-order chi connectivity index (χ0) is 14.7. The number of carbonyl (C=O) groups is 1. The molecule has 0 fully saturated rings. The standard InChI is InChI=1S/C18H20N2O/c19-17-8-7-15-10-11-20(13-16(15)12-17)18(21)9-6-14-4-2-1-3-5-14/h1-5,7-8,12H,6,9-11,13,19H2. The van der Waals surface area contributed by atoms with E-state index in [1.54, 1.807) is 0 Å². The van der Waals surface area contributed by atoms with Crippen molar-refractivity contribution in [1.82, 2.24) is 4.90 Å². The van der Waals surface area contributed by atoms with Crippen molar-refractivity contribution in [2.24, 2.45) is 0 Å². The number of anilines is 1. The zero-order valence-corrected chi connectivity index (χ0v) is 12.1. The molecule has 21 heavy (non-hydrogen) atoms. The summed E-state index contributed by atoms with van der Waals surface area (Å²) in [6.45, 7) is 1.50. The Kier molecular flexibility index (Phi) is 3.91. The van der Waals surface area contributed by atoms with Gasteiger partial charge in [0.1, 0.15) is 0 Å². The number of nitrogen functional groups attached to an aromatic ring is 1. The van der Waals surface area contributed by atoms with Gasteiger partial charge >= 0.3 is 0 Å². The highest BCUT2D eigenvalue weighted by Gasteiger charge is 2.20. The highest BCUT2D eigenvalue weighted by Crippen LogP contribution is 2.22. The number of fused-ring (bicyclic) bond motifs is 1. The van der Waals surface area contributed by atoms with Gasteiger partial charge in [-0.15, -0.1) is 0 Å². The second-order valence-corrected chi connectivity index (χ2v) is 5.58. The number of rotatable bonds is 3. The molecule has 3 heteroatoms. The van der Waals surface area contributed by atoms with Gasteiger partial charge in [-0.25, -0.2) is 0 Å². The van der Waals surface area contributed by atoms with Gasteiger partial charge in [-0.1, -0.05) is 36.4 Å². The lowest BCUT2D eigenvalue weighted by Crippen LogP contribution is -2.36. The maximum atomic E-state index is 12.4. The van der Waals surface area contributed by atoms with Crippen LogP contribution in [0.4, 0.5) is 5.69 Å². The van der Waals surface area contributed by atoms with Crippen molar-refractivity contribution >= 4 is 11.6 Å². The maximum absolute atomic E-state index is 12.4. The van der Waals surface area contributed by atoms with Gasteiger partial charge in [-0.2, -0.15) is 0 Å². The lowest BCUT2D eigenvalue weighted by atomic mass is 9.98. The van der Waals surface area contributed by atoms with Crippen LogP contribution < -0.4 is 5.73 Å². The van der Waals surface area contributed by atoms with Crippen LogP contribution in [-0.2, 0) is 24.2 Å². The third kappa shape index (κ3) is 3.24. The smallest absolute Gasteiger partial charge is 0.223 e. The molecule has 1 aliphatic rings. The van der Waals surface area contributed by atoms with E-state index in [1.807, 2.05) is 35.2 Å². The number of carbonyl (C=O) groups excluding carboxylic acids is 1. The van der Waals surface area contributed by atoms with Crippen molar-refractivity contribution in [1.29, 1.82) is 0 Å². The van der Waals surface area contributed by atoms with Crippen molar-refractivity contribution in [3.8, 4) is 0 Å². The Balaban J connectivity index is 1.61. The summed E-state index contributed by atoms with van der Waals surface area (Å²) in [4.78, 5) is 14.3. The molecule has 2 N–H and O–H groups in total. The summed E-state index contributed by atoms with van der Waals surface area (Å²) in [6.07, 6.45) is 2.30. The van der Waals surface area contributed by atoms with Gasteiger partial charge in [0.2, 0.25) is 5.91 Å². The van der Waals surface area contributed by atoms with E-state index in [1.165, 1.54) is 16.7 Å². The monoisotopic (exact) mass is 280 g/mol. The summed E-state index contributed by atoms with van der Waals surface area (Å²) >= 11 is 0. The molecule has 108 valence electrons. The summed E-state index contributed by atoms with van der Waals surface area (Å²) in [5.74, 6) is 0.229. The fourth-order valence-corrected chi connectivity index (χ4v) is 2.84. The van der Waals surface area contributed by atoms with Crippen LogP contribution in [0.1, 0.15) is 23.1 Å². The third-order valence-corrected chi connectivity index (χ3v) is 4.07. The average Bonchev–Trinajstić information content (AvgIpc) is 2.53. The number of amides is 1. The molecular formula is C18H20N2O.